The van der Waals surface area contributed by atoms with Crippen LogP contribution in [0.15, 0.2) is 22.7 Å². The van der Waals surface area contributed by atoms with Crippen molar-refractivity contribution in [3.05, 3.63) is 28.2 Å². The molecular formula is C14H19BrN2OS. The van der Waals surface area contributed by atoms with Gasteiger partial charge in [-0.05, 0) is 52.9 Å². The van der Waals surface area contributed by atoms with Crippen molar-refractivity contribution in [3.8, 4) is 0 Å². The number of nitrogens with two attached hydrogens (primary N) is 1. The second-order valence-corrected chi connectivity index (χ2v) is 6.23. The first kappa shape index (κ1) is 14.8. The summed E-state index contributed by atoms with van der Waals surface area (Å²) in [5, 5.41) is 0. The lowest BCUT2D eigenvalue weighted by Gasteiger charge is -2.34. The average Bonchev–Trinajstić information content (AvgIpc) is 2.39. The Morgan fingerprint density at radius 2 is 2.37 bits per heavy atom. The van der Waals surface area contributed by atoms with Crippen molar-refractivity contribution < 1.29 is 4.74 Å². The van der Waals surface area contributed by atoms with E-state index in [1.807, 2.05) is 12.1 Å². The van der Waals surface area contributed by atoms with E-state index in [0.717, 1.165) is 29.7 Å². The first-order valence-electron chi connectivity index (χ1n) is 6.45. The maximum absolute atomic E-state index is 5.65. The van der Waals surface area contributed by atoms with Crippen LogP contribution < -0.4 is 10.6 Å². The first-order valence-corrected chi connectivity index (χ1v) is 7.65. The molecule has 19 heavy (non-hydrogen) atoms. The van der Waals surface area contributed by atoms with E-state index in [0.29, 0.717) is 10.9 Å². The predicted molar refractivity (Wildman–Crippen MR) is 86.8 cm³/mol. The van der Waals surface area contributed by atoms with Gasteiger partial charge >= 0.3 is 0 Å². The van der Waals surface area contributed by atoms with Gasteiger partial charge in [-0.3, -0.25) is 0 Å². The lowest BCUT2D eigenvalue weighted by Crippen LogP contribution is -2.37. The number of ether oxygens (including phenoxy) is 1. The third kappa shape index (κ3) is 3.68. The molecule has 1 atom stereocenters. The Hall–Kier alpha value is -0.650. The molecule has 5 heteroatoms. The molecule has 0 saturated carbocycles. The largest absolute Gasteiger partial charge is 0.389 e. The maximum Gasteiger partial charge on any atom is 0.104 e. The minimum atomic E-state index is 0.433. The van der Waals surface area contributed by atoms with Crippen molar-refractivity contribution in [1.82, 2.24) is 0 Å². The van der Waals surface area contributed by atoms with Crippen molar-refractivity contribution in [2.24, 2.45) is 11.7 Å². The van der Waals surface area contributed by atoms with Gasteiger partial charge in [0.15, 0.2) is 0 Å². The first-order chi connectivity index (χ1) is 9.11. The highest BCUT2D eigenvalue weighted by Crippen LogP contribution is 2.31. The fourth-order valence-corrected chi connectivity index (χ4v) is 3.33. The van der Waals surface area contributed by atoms with Gasteiger partial charge in [0.2, 0.25) is 0 Å². The number of halogens is 1. The Kier molecular flexibility index (Phi) is 5.19. The Bertz CT molecular complexity index is 465. The molecule has 1 aliphatic heterocycles. The number of hydrogen-bond donors (Lipinski definition) is 1. The summed E-state index contributed by atoms with van der Waals surface area (Å²) in [6, 6.07) is 6.08. The molecule has 0 spiro atoms. The minimum absolute atomic E-state index is 0.433. The number of methoxy groups -OCH3 is 1. The van der Waals surface area contributed by atoms with E-state index < -0.39 is 0 Å². The summed E-state index contributed by atoms with van der Waals surface area (Å²) < 4.78 is 6.33. The lowest BCUT2D eigenvalue weighted by atomic mass is 9.98. The second-order valence-electron chi connectivity index (χ2n) is 4.94. The van der Waals surface area contributed by atoms with Crippen LogP contribution in [0.1, 0.15) is 18.4 Å². The van der Waals surface area contributed by atoms with Crippen LogP contribution >= 0.6 is 28.1 Å². The molecule has 1 aliphatic rings. The highest BCUT2D eigenvalue weighted by molar-refractivity contribution is 9.10. The third-order valence-electron chi connectivity index (χ3n) is 3.49. The Morgan fingerprint density at radius 1 is 1.58 bits per heavy atom. The van der Waals surface area contributed by atoms with Crippen LogP contribution in [0.4, 0.5) is 5.69 Å². The van der Waals surface area contributed by atoms with E-state index in [2.05, 4.69) is 26.9 Å². The molecule has 0 amide bonds. The quantitative estimate of drug-likeness (QED) is 0.853. The van der Waals surface area contributed by atoms with Crippen molar-refractivity contribution in [3.63, 3.8) is 0 Å². The fourth-order valence-electron chi connectivity index (χ4n) is 2.57. The molecule has 3 nitrogen and oxygen atoms in total. The monoisotopic (exact) mass is 342 g/mol. The number of nitrogens with zero attached hydrogens (tertiary/aromatic N) is 1. The third-order valence-corrected chi connectivity index (χ3v) is 4.37. The van der Waals surface area contributed by atoms with Crippen LogP contribution in [0.2, 0.25) is 0 Å². The normalized spacial score (nSPS) is 19.5. The molecule has 1 heterocycles. The Balaban J connectivity index is 2.15. The van der Waals surface area contributed by atoms with E-state index in [9.17, 15) is 0 Å². The molecule has 1 unspecified atom stereocenters. The number of rotatable bonds is 4. The molecule has 0 aromatic heterocycles. The predicted octanol–water partition coefficient (Wildman–Crippen LogP) is 2.95. The van der Waals surface area contributed by atoms with E-state index in [1.165, 1.54) is 18.5 Å². The maximum atomic E-state index is 5.65. The van der Waals surface area contributed by atoms with Crippen LogP contribution in [-0.4, -0.2) is 31.8 Å². The number of benzene rings is 1. The van der Waals surface area contributed by atoms with E-state index in [1.54, 1.807) is 7.11 Å². The number of hydrogen-bond acceptors (Lipinski definition) is 3. The van der Waals surface area contributed by atoms with Crippen LogP contribution in [0.25, 0.3) is 0 Å². The standard InChI is InChI=1S/C14H19BrN2OS/c1-18-9-10-3-2-6-17(8-10)13-5-4-11(14(16)19)7-12(13)15/h4-5,7,10H,2-3,6,8-9H2,1H3,(H2,16,19). The van der Waals surface area contributed by atoms with Gasteiger partial charge in [-0.15, -0.1) is 0 Å². The fraction of sp³-hybridized carbons (Fsp3) is 0.500. The zero-order chi connectivity index (χ0) is 13.8. The molecule has 2 N–H and O–H groups in total. The lowest BCUT2D eigenvalue weighted by molar-refractivity contribution is 0.143. The second kappa shape index (κ2) is 6.68. The van der Waals surface area contributed by atoms with Gasteiger partial charge in [-0.1, -0.05) is 12.2 Å². The molecule has 1 aromatic rings. The number of piperidine rings is 1. The molecule has 0 radical (unpaired) electrons. The van der Waals surface area contributed by atoms with E-state index >= 15 is 0 Å². The number of thiocarbonyl (C=S) groups is 1. The Labute approximate surface area is 128 Å². The molecule has 2 rings (SSSR count). The van der Waals surface area contributed by atoms with Crippen molar-refractivity contribution in [2.45, 2.75) is 12.8 Å². The van der Waals surface area contributed by atoms with Crippen LogP contribution in [0.5, 0.6) is 0 Å². The zero-order valence-corrected chi connectivity index (χ0v) is 13.5. The highest BCUT2D eigenvalue weighted by Gasteiger charge is 2.21. The van der Waals surface area contributed by atoms with Crippen LogP contribution in [-0.2, 0) is 4.74 Å². The van der Waals surface area contributed by atoms with Gasteiger partial charge in [0, 0.05) is 30.2 Å². The van der Waals surface area contributed by atoms with Crippen LogP contribution in [0.3, 0.4) is 0 Å². The summed E-state index contributed by atoms with van der Waals surface area (Å²) in [6.45, 7) is 2.96. The molecule has 0 aliphatic carbocycles. The van der Waals surface area contributed by atoms with Gasteiger partial charge in [-0.25, -0.2) is 0 Å². The molecule has 1 fully saturated rings. The van der Waals surface area contributed by atoms with Gasteiger partial charge in [0.1, 0.15) is 4.99 Å². The summed E-state index contributed by atoms with van der Waals surface area (Å²) in [7, 11) is 1.77. The molecule has 104 valence electrons. The van der Waals surface area contributed by atoms with Gasteiger partial charge in [-0.2, -0.15) is 0 Å². The van der Waals surface area contributed by atoms with Gasteiger partial charge in [0.05, 0.1) is 12.3 Å². The minimum Gasteiger partial charge on any atom is -0.389 e. The van der Waals surface area contributed by atoms with Gasteiger partial charge < -0.3 is 15.4 Å². The summed E-state index contributed by atoms with van der Waals surface area (Å²) in [5.41, 5.74) is 7.76. The van der Waals surface area contributed by atoms with Gasteiger partial charge in [0.25, 0.3) is 0 Å². The molecular weight excluding hydrogens is 324 g/mol. The van der Waals surface area contributed by atoms with E-state index in [4.69, 9.17) is 22.7 Å². The summed E-state index contributed by atoms with van der Waals surface area (Å²) in [5.74, 6) is 0.612. The summed E-state index contributed by atoms with van der Waals surface area (Å²) in [4.78, 5) is 2.84. The topological polar surface area (TPSA) is 38.5 Å². The average molecular weight is 343 g/mol. The highest BCUT2D eigenvalue weighted by atomic mass is 79.9. The van der Waals surface area contributed by atoms with E-state index in [-0.39, 0.29) is 0 Å². The zero-order valence-electron chi connectivity index (χ0n) is 11.1. The van der Waals surface area contributed by atoms with Crippen LogP contribution in [0, 0.1) is 5.92 Å². The number of anilines is 1. The van der Waals surface area contributed by atoms with Crippen molar-refractivity contribution >= 4 is 38.8 Å². The smallest absolute Gasteiger partial charge is 0.104 e. The summed E-state index contributed by atoms with van der Waals surface area (Å²) >= 11 is 8.62. The summed E-state index contributed by atoms with van der Waals surface area (Å²) in [6.07, 6.45) is 2.45. The molecule has 1 aromatic carbocycles. The SMILES string of the molecule is COCC1CCCN(c2ccc(C(N)=S)cc2Br)C1. The Morgan fingerprint density at radius 3 is 3.00 bits per heavy atom. The molecule has 0 bridgehead atoms. The molecule has 1 saturated heterocycles. The van der Waals surface area contributed by atoms with Crippen molar-refractivity contribution in [1.29, 1.82) is 0 Å². The van der Waals surface area contributed by atoms with Crippen molar-refractivity contribution in [2.75, 3.05) is 31.7 Å².